The summed E-state index contributed by atoms with van der Waals surface area (Å²) in [5.74, 6) is -0.354. The molecule has 120 valence electrons. The number of carboxylic acid groups (broad SMARTS) is 1. The Bertz CT molecular complexity index is 549. The van der Waals surface area contributed by atoms with Gasteiger partial charge >= 0.3 is 5.97 Å². The minimum atomic E-state index is -2.49. The molecule has 2 fully saturated rings. The summed E-state index contributed by atoms with van der Waals surface area (Å²) in [6.07, 6.45) is 2.60. The number of carboxylic acids is 1. The molecule has 1 aromatic rings. The predicted molar refractivity (Wildman–Crippen MR) is 78.7 cm³/mol. The van der Waals surface area contributed by atoms with Crippen LogP contribution in [0.25, 0.3) is 0 Å². The lowest BCUT2D eigenvalue weighted by atomic mass is 9.84. The lowest BCUT2D eigenvalue weighted by Gasteiger charge is -2.33. The van der Waals surface area contributed by atoms with Crippen molar-refractivity contribution in [1.29, 1.82) is 0 Å². The maximum Gasteiger partial charge on any atom is 0.320 e. The maximum atomic E-state index is 12.8. The Morgan fingerprint density at radius 3 is 2.82 bits per heavy atom. The van der Waals surface area contributed by atoms with Crippen LogP contribution in [0.2, 0.25) is 0 Å². The molecule has 0 bridgehead atoms. The monoisotopic (exact) mass is 309 g/mol. The Morgan fingerprint density at radius 2 is 2.09 bits per heavy atom. The number of rotatable bonds is 4. The Labute approximate surface area is 128 Å². The highest BCUT2D eigenvalue weighted by molar-refractivity contribution is 5.74. The van der Waals surface area contributed by atoms with Crippen LogP contribution in [-0.2, 0) is 11.3 Å². The van der Waals surface area contributed by atoms with Crippen LogP contribution in [0.15, 0.2) is 24.3 Å². The van der Waals surface area contributed by atoms with E-state index in [1.807, 2.05) is 4.90 Å². The van der Waals surface area contributed by atoms with Crippen molar-refractivity contribution < 1.29 is 18.7 Å². The fraction of sp³-hybridized carbons (Fsp3) is 0.588. The molecule has 0 amide bonds. The van der Waals surface area contributed by atoms with Gasteiger partial charge in [-0.2, -0.15) is 0 Å². The van der Waals surface area contributed by atoms with Crippen LogP contribution in [0.5, 0.6) is 0 Å². The van der Waals surface area contributed by atoms with Gasteiger partial charge in [0.05, 0.1) is 0 Å². The smallest absolute Gasteiger partial charge is 0.320 e. The minimum Gasteiger partial charge on any atom is -0.480 e. The quantitative estimate of drug-likeness (QED) is 0.918. The lowest BCUT2D eigenvalue weighted by molar-refractivity contribution is -0.142. The molecule has 3 atom stereocenters. The fourth-order valence-electron chi connectivity index (χ4n) is 4.06. The fourth-order valence-corrected chi connectivity index (χ4v) is 4.06. The van der Waals surface area contributed by atoms with Gasteiger partial charge in [0.1, 0.15) is 6.04 Å². The van der Waals surface area contributed by atoms with Crippen LogP contribution in [0.3, 0.4) is 0 Å². The second-order valence-electron chi connectivity index (χ2n) is 6.42. The number of likely N-dealkylation sites (tertiary alicyclic amines) is 1. The van der Waals surface area contributed by atoms with Gasteiger partial charge in [0.25, 0.3) is 6.43 Å². The van der Waals surface area contributed by atoms with Gasteiger partial charge in [-0.05, 0) is 36.8 Å². The van der Waals surface area contributed by atoms with E-state index in [4.69, 9.17) is 0 Å². The largest absolute Gasteiger partial charge is 0.480 e. The van der Waals surface area contributed by atoms with Crippen molar-refractivity contribution in [2.45, 2.75) is 57.2 Å². The van der Waals surface area contributed by atoms with Crippen LogP contribution in [0.1, 0.15) is 49.7 Å². The summed E-state index contributed by atoms with van der Waals surface area (Å²) in [4.78, 5) is 13.6. The zero-order valence-corrected chi connectivity index (χ0v) is 12.4. The number of carbonyl (C=O) groups is 1. The molecule has 3 nitrogen and oxygen atoms in total. The van der Waals surface area contributed by atoms with Crippen molar-refractivity contribution >= 4 is 5.97 Å². The molecule has 0 spiro atoms. The molecular weight excluding hydrogens is 288 g/mol. The average Bonchev–Trinajstić information content (AvgIpc) is 2.87. The molecule has 0 radical (unpaired) electrons. The second-order valence-corrected chi connectivity index (χ2v) is 6.42. The first-order valence-electron chi connectivity index (χ1n) is 7.92. The van der Waals surface area contributed by atoms with E-state index in [1.54, 1.807) is 12.1 Å². The molecule has 0 aromatic heterocycles. The highest BCUT2D eigenvalue weighted by Crippen LogP contribution is 2.40. The van der Waals surface area contributed by atoms with E-state index < -0.39 is 18.4 Å². The number of hydrogen-bond donors (Lipinski definition) is 1. The normalized spacial score (nSPS) is 28.8. The van der Waals surface area contributed by atoms with E-state index in [-0.39, 0.29) is 11.6 Å². The first-order chi connectivity index (χ1) is 10.6. The number of fused-ring (bicyclic) bond motifs is 1. The number of nitrogens with zero attached hydrogens (tertiary/aromatic N) is 1. The summed E-state index contributed by atoms with van der Waals surface area (Å²) in [6.45, 7) is 0.443. The zero-order chi connectivity index (χ0) is 15.7. The number of hydrogen-bond acceptors (Lipinski definition) is 2. The number of halogens is 2. The standard InChI is InChI=1S/C17H21F2NO2/c18-16(19)13-6-3-4-11(8-13)10-20-14-7-2-1-5-12(14)9-15(20)17(21)22/h3-4,6,8,12,14-16H,1-2,5,7,9-10H2,(H,21,22). The Hall–Kier alpha value is -1.49. The topological polar surface area (TPSA) is 40.5 Å². The average molecular weight is 309 g/mol. The molecule has 1 aliphatic carbocycles. The van der Waals surface area contributed by atoms with E-state index >= 15 is 0 Å². The molecule has 22 heavy (non-hydrogen) atoms. The predicted octanol–water partition coefficient (Wildman–Crippen LogP) is 3.84. The lowest BCUT2D eigenvalue weighted by Crippen LogP contribution is -2.41. The highest BCUT2D eigenvalue weighted by atomic mass is 19.3. The third-order valence-corrected chi connectivity index (χ3v) is 5.07. The SMILES string of the molecule is O=C(O)C1CC2CCCCC2N1Cc1cccc(C(F)F)c1. The molecule has 3 unspecified atom stereocenters. The van der Waals surface area contributed by atoms with Gasteiger partial charge < -0.3 is 5.11 Å². The Morgan fingerprint density at radius 1 is 1.32 bits per heavy atom. The molecular formula is C17H21F2NO2. The number of alkyl halides is 2. The first kappa shape index (κ1) is 15.4. The van der Waals surface area contributed by atoms with Crippen LogP contribution in [-0.4, -0.2) is 28.1 Å². The molecule has 2 aliphatic rings. The summed E-state index contributed by atoms with van der Waals surface area (Å²) < 4.78 is 25.7. The van der Waals surface area contributed by atoms with E-state index in [0.29, 0.717) is 18.9 Å². The summed E-state index contributed by atoms with van der Waals surface area (Å²) in [7, 11) is 0. The summed E-state index contributed by atoms with van der Waals surface area (Å²) in [6, 6.07) is 6.14. The molecule has 1 aliphatic heterocycles. The van der Waals surface area contributed by atoms with Crippen LogP contribution < -0.4 is 0 Å². The Kier molecular flexibility index (Phi) is 4.43. The number of benzene rings is 1. The summed E-state index contributed by atoms with van der Waals surface area (Å²) in [5, 5.41) is 9.49. The third kappa shape index (κ3) is 3.00. The van der Waals surface area contributed by atoms with E-state index in [1.165, 1.54) is 18.6 Å². The molecule has 1 saturated heterocycles. The minimum absolute atomic E-state index is 0.00349. The van der Waals surface area contributed by atoms with Crippen molar-refractivity contribution in [3.8, 4) is 0 Å². The third-order valence-electron chi connectivity index (χ3n) is 5.07. The number of aliphatic carboxylic acids is 1. The molecule has 5 heteroatoms. The van der Waals surface area contributed by atoms with Crippen LogP contribution >= 0.6 is 0 Å². The van der Waals surface area contributed by atoms with E-state index in [0.717, 1.165) is 24.8 Å². The summed E-state index contributed by atoms with van der Waals surface area (Å²) in [5.41, 5.74) is 0.777. The van der Waals surface area contributed by atoms with E-state index in [2.05, 4.69) is 0 Å². The molecule has 1 aromatic carbocycles. The molecule has 1 N–H and O–H groups in total. The van der Waals surface area contributed by atoms with Gasteiger partial charge in [-0.15, -0.1) is 0 Å². The van der Waals surface area contributed by atoms with Crippen LogP contribution in [0, 0.1) is 5.92 Å². The highest BCUT2D eigenvalue weighted by Gasteiger charge is 2.44. The second kappa shape index (κ2) is 6.32. The van der Waals surface area contributed by atoms with Crippen molar-refractivity contribution in [2.24, 2.45) is 5.92 Å². The van der Waals surface area contributed by atoms with Crippen molar-refractivity contribution in [3.63, 3.8) is 0 Å². The van der Waals surface area contributed by atoms with Gasteiger partial charge in [-0.3, -0.25) is 9.69 Å². The van der Waals surface area contributed by atoms with Gasteiger partial charge in [-0.25, -0.2) is 8.78 Å². The van der Waals surface area contributed by atoms with Crippen molar-refractivity contribution in [2.75, 3.05) is 0 Å². The van der Waals surface area contributed by atoms with Crippen molar-refractivity contribution in [1.82, 2.24) is 4.90 Å². The maximum absolute atomic E-state index is 12.8. The van der Waals surface area contributed by atoms with Crippen molar-refractivity contribution in [3.05, 3.63) is 35.4 Å². The van der Waals surface area contributed by atoms with Gasteiger partial charge in [0, 0.05) is 18.2 Å². The van der Waals surface area contributed by atoms with Gasteiger partial charge in [0.15, 0.2) is 0 Å². The molecule has 3 rings (SSSR count). The van der Waals surface area contributed by atoms with Crippen LogP contribution in [0.4, 0.5) is 8.78 Å². The Balaban J connectivity index is 1.81. The van der Waals surface area contributed by atoms with Gasteiger partial charge in [0.2, 0.25) is 0 Å². The summed E-state index contributed by atoms with van der Waals surface area (Å²) >= 11 is 0. The van der Waals surface area contributed by atoms with E-state index in [9.17, 15) is 18.7 Å². The first-order valence-corrected chi connectivity index (χ1v) is 7.92. The zero-order valence-electron chi connectivity index (χ0n) is 12.4. The van der Waals surface area contributed by atoms with Gasteiger partial charge in [-0.1, -0.05) is 31.0 Å². The molecule has 1 saturated carbocycles. The molecule has 1 heterocycles.